The molecule has 0 spiro atoms. The molecular weight excluding hydrogens is 734 g/mol. The van der Waals surface area contributed by atoms with Crippen LogP contribution in [-0.4, -0.2) is 175 Å². The molecule has 3 aromatic rings. The SMILES string of the molecule is Cn1c2ccc(OCCOCC3COCCOCCOCCOCCO3)cc2c(=O)c2cc(OCCOCC3COCCOCCOCCOCCO3)ccc21. The van der Waals surface area contributed by atoms with Gasteiger partial charge in [-0.05, 0) is 36.4 Å². The molecule has 0 radical (unpaired) electrons. The largest absolute Gasteiger partial charge is 0.491 e. The Hall–Kier alpha value is -2.97. The van der Waals surface area contributed by atoms with Gasteiger partial charge in [0.25, 0.3) is 0 Å². The zero-order valence-electron chi connectivity index (χ0n) is 32.7. The number of hydrogen-bond acceptors (Lipinski definition) is 15. The summed E-state index contributed by atoms with van der Waals surface area (Å²) in [6.07, 6.45) is -0.517. The van der Waals surface area contributed by atoms with Crippen LogP contribution in [0.15, 0.2) is 41.2 Å². The van der Waals surface area contributed by atoms with Crippen molar-refractivity contribution in [2.45, 2.75) is 12.2 Å². The summed E-state index contributed by atoms with van der Waals surface area (Å²) in [6.45, 7) is 10.4. The molecular formula is C40H59NO15. The maximum atomic E-state index is 13.8. The van der Waals surface area contributed by atoms with Crippen molar-refractivity contribution >= 4 is 21.8 Å². The van der Waals surface area contributed by atoms with Gasteiger partial charge in [0.2, 0.25) is 0 Å². The smallest absolute Gasteiger partial charge is 0.197 e. The third-order valence-corrected chi connectivity index (χ3v) is 8.75. The second-order valence-electron chi connectivity index (χ2n) is 12.9. The summed E-state index contributed by atoms with van der Waals surface area (Å²) in [5, 5.41) is 1.09. The van der Waals surface area contributed by atoms with E-state index in [1.807, 2.05) is 35.9 Å². The second kappa shape index (κ2) is 26.9. The molecule has 0 N–H and O–H groups in total. The number of benzene rings is 2. The summed E-state index contributed by atoms with van der Waals surface area (Å²) in [5.41, 5.74) is 1.48. The van der Waals surface area contributed by atoms with E-state index in [1.54, 1.807) is 12.1 Å². The van der Waals surface area contributed by atoms with Crippen LogP contribution in [0.4, 0.5) is 0 Å². The highest BCUT2D eigenvalue weighted by Gasteiger charge is 2.14. The first-order valence-electron chi connectivity index (χ1n) is 19.5. The van der Waals surface area contributed by atoms with Crippen molar-refractivity contribution in [3.63, 3.8) is 0 Å². The minimum atomic E-state index is -0.259. The van der Waals surface area contributed by atoms with Crippen LogP contribution in [-0.2, 0) is 63.9 Å². The Morgan fingerprint density at radius 1 is 0.500 bits per heavy atom. The lowest BCUT2D eigenvalue weighted by molar-refractivity contribution is -0.0795. The van der Waals surface area contributed by atoms with E-state index >= 15 is 0 Å². The van der Waals surface area contributed by atoms with Gasteiger partial charge >= 0.3 is 0 Å². The molecule has 2 aliphatic heterocycles. The molecule has 2 aliphatic rings. The van der Waals surface area contributed by atoms with Crippen molar-refractivity contribution in [1.82, 2.24) is 4.57 Å². The molecule has 0 amide bonds. The number of hydrogen-bond donors (Lipinski definition) is 0. The van der Waals surface area contributed by atoms with Crippen LogP contribution in [0.25, 0.3) is 21.8 Å². The van der Waals surface area contributed by atoms with Crippen LogP contribution in [0.3, 0.4) is 0 Å². The summed E-state index contributed by atoms with van der Waals surface area (Å²) in [4.78, 5) is 13.8. The summed E-state index contributed by atoms with van der Waals surface area (Å²) in [5.74, 6) is 1.15. The number of pyridine rings is 1. The molecule has 2 fully saturated rings. The highest BCUT2D eigenvalue weighted by molar-refractivity contribution is 5.94. The quantitative estimate of drug-likeness (QED) is 0.195. The van der Waals surface area contributed by atoms with E-state index in [-0.39, 0.29) is 17.6 Å². The Morgan fingerprint density at radius 2 is 0.857 bits per heavy atom. The van der Waals surface area contributed by atoms with Crippen LogP contribution in [0, 0.1) is 0 Å². The molecule has 0 aliphatic carbocycles. The van der Waals surface area contributed by atoms with Crippen molar-refractivity contribution in [3.05, 3.63) is 46.6 Å². The fraction of sp³-hybridized carbons (Fsp3) is 0.675. The summed E-state index contributed by atoms with van der Waals surface area (Å²) < 4.78 is 82.0. The summed E-state index contributed by atoms with van der Waals surface area (Å²) in [7, 11) is 1.94. The number of rotatable bonds is 12. The van der Waals surface area contributed by atoms with Gasteiger partial charge in [0.1, 0.15) is 36.9 Å². The fourth-order valence-corrected chi connectivity index (χ4v) is 5.88. The van der Waals surface area contributed by atoms with Crippen molar-refractivity contribution in [2.24, 2.45) is 7.05 Å². The zero-order valence-corrected chi connectivity index (χ0v) is 32.7. The fourth-order valence-electron chi connectivity index (χ4n) is 5.88. The van der Waals surface area contributed by atoms with Gasteiger partial charge < -0.3 is 70.9 Å². The van der Waals surface area contributed by atoms with E-state index in [0.29, 0.717) is 181 Å². The van der Waals surface area contributed by atoms with E-state index < -0.39 is 0 Å². The van der Waals surface area contributed by atoms with E-state index in [1.165, 1.54) is 0 Å². The normalized spacial score (nSPS) is 21.4. The first kappa shape index (κ1) is 44.1. The minimum Gasteiger partial charge on any atom is -0.491 e. The van der Waals surface area contributed by atoms with Gasteiger partial charge in [-0.15, -0.1) is 0 Å². The lowest BCUT2D eigenvalue weighted by Crippen LogP contribution is -2.29. The molecule has 2 atom stereocenters. The molecule has 0 saturated carbocycles. The van der Waals surface area contributed by atoms with Gasteiger partial charge in [-0.3, -0.25) is 4.79 Å². The number of ether oxygens (including phenoxy) is 14. The maximum Gasteiger partial charge on any atom is 0.197 e. The average Bonchev–Trinajstić information content (AvgIpc) is 3.23. The van der Waals surface area contributed by atoms with Gasteiger partial charge in [-0.2, -0.15) is 0 Å². The lowest BCUT2D eigenvalue weighted by Gasteiger charge is -2.18. The van der Waals surface area contributed by atoms with Gasteiger partial charge in [-0.25, -0.2) is 0 Å². The Kier molecular flexibility index (Phi) is 21.2. The van der Waals surface area contributed by atoms with E-state index in [9.17, 15) is 4.79 Å². The summed E-state index contributed by atoms with van der Waals surface area (Å²) in [6, 6.07) is 11.0. The zero-order chi connectivity index (χ0) is 38.9. The predicted octanol–water partition coefficient (Wildman–Crippen LogP) is 2.41. The van der Waals surface area contributed by atoms with Crippen molar-refractivity contribution in [3.8, 4) is 11.5 Å². The van der Waals surface area contributed by atoms with Crippen molar-refractivity contribution < 1.29 is 66.3 Å². The highest BCUT2D eigenvalue weighted by atomic mass is 16.6. The molecule has 2 unspecified atom stereocenters. The number of aromatic nitrogens is 1. The molecule has 2 saturated heterocycles. The monoisotopic (exact) mass is 793 g/mol. The third-order valence-electron chi connectivity index (χ3n) is 8.75. The number of aryl methyl sites for hydroxylation is 1. The van der Waals surface area contributed by atoms with E-state index in [2.05, 4.69) is 0 Å². The Bertz CT molecular complexity index is 1430. The summed E-state index contributed by atoms with van der Waals surface area (Å²) >= 11 is 0. The lowest BCUT2D eigenvalue weighted by atomic mass is 10.1. The van der Waals surface area contributed by atoms with Gasteiger partial charge in [-0.1, -0.05) is 0 Å². The molecule has 0 bridgehead atoms. The molecule has 314 valence electrons. The van der Waals surface area contributed by atoms with E-state index in [4.69, 9.17) is 66.3 Å². The highest BCUT2D eigenvalue weighted by Crippen LogP contribution is 2.25. The molecule has 1 aromatic heterocycles. The van der Waals surface area contributed by atoms with Crippen LogP contribution in [0.1, 0.15) is 0 Å². The Labute approximate surface area is 328 Å². The van der Waals surface area contributed by atoms with Crippen LogP contribution in [0.2, 0.25) is 0 Å². The van der Waals surface area contributed by atoms with Crippen molar-refractivity contribution in [2.75, 3.05) is 159 Å². The Balaban J connectivity index is 1.07. The average molecular weight is 794 g/mol. The maximum absolute atomic E-state index is 13.8. The number of fused-ring (bicyclic) bond motifs is 2. The predicted molar refractivity (Wildman–Crippen MR) is 205 cm³/mol. The second-order valence-corrected chi connectivity index (χ2v) is 12.9. The first-order valence-corrected chi connectivity index (χ1v) is 19.5. The molecule has 16 heteroatoms. The van der Waals surface area contributed by atoms with Gasteiger partial charge in [0.05, 0.1) is 156 Å². The van der Waals surface area contributed by atoms with Crippen LogP contribution >= 0.6 is 0 Å². The standard InChI is InChI=1S/C40H59NO15/c1-41-38-4-2-32(53-24-20-51-30-34-28-49-16-14-45-8-6-43-10-12-47-18-22-55-34)26-36(38)40(42)37-27-33(3-5-39(37)41)54-25-21-52-31-35-29-50-17-15-46-9-7-44-11-13-48-19-23-56-35/h2-5,26-27,34-35H,6-25,28-31H2,1H3. The first-order chi connectivity index (χ1) is 27.7. The molecule has 16 nitrogen and oxygen atoms in total. The van der Waals surface area contributed by atoms with Crippen LogP contribution < -0.4 is 14.9 Å². The molecule has 2 aromatic carbocycles. The molecule has 56 heavy (non-hydrogen) atoms. The van der Waals surface area contributed by atoms with Crippen LogP contribution in [0.5, 0.6) is 11.5 Å². The van der Waals surface area contributed by atoms with Crippen molar-refractivity contribution in [1.29, 1.82) is 0 Å². The van der Waals surface area contributed by atoms with E-state index in [0.717, 1.165) is 11.0 Å². The van der Waals surface area contributed by atoms with Gasteiger partial charge in [0, 0.05) is 17.8 Å². The molecule has 5 rings (SSSR count). The Morgan fingerprint density at radius 3 is 1.25 bits per heavy atom. The minimum absolute atomic E-state index is 0.108. The number of nitrogens with zero attached hydrogens (tertiary/aromatic N) is 1. The van der Waals surface area contributed by atoms with Gasteiger partial charge in [0.15, 0.2) is 5.43 Å². The topological polar surface area (TPSA) is 151 Å². The third kappa shape index (κ3) is 16.1. The molecule has 3 heterocycles.